The van der Waals surface area contributed by atoms with E-state index in [4.69, 9.17) is 4.74 Å². The summed E-state index contributed by atoms with van der Waals surface area (Å²) < 4.78 is 154. The summed E-state index contributed by atoms with van der Waals surface area (Å²) in [6, 6.07) is 15.1. The van der Waals surface area contributed by atoms with E-state index in [1.807, 2.05) is 0 Å². The van der Waals surface area contributed by atoms with Gasteiger partial charge in [-0.1, -0.05) is 26.8 Å². The molecule has 13 nitrogen and oxygen atoms in total. The zero-order valence-electron chi connectivity index (χ0n) is 28.2. The minimum atomic E-state index is -5.37. The van der Waals surface area contributed by atoms with E-state index in [2.05, 4.69) is 0 Å². The minimum Gasteiger partial charge on any atom is -0.457 e. The van der Waals surface area contributed by atoms with E-state index in [0.717, 1.165) is 30.3 Å². The van der Waals surface area contributed by atoms with Gasteiger partial charge in [-0.05, 0) is 117 Å². The topological polar surface area (TPSA) is 220 Å². The predicted molar refractivity (Wildman–Crippen MR) is 187 cm³/mol. The zero-order chi connectivity index (χ0) is 38.6. The van der Waals surface area contributed by atoms with Gasteiger partial charge in [0.15, 0.2) is 9.84 Å². The van der Waals surface area contributed by atoms with Crippen molar-refractivity contribution in [2.24, 2.45) is 0 Å². The van der Waals surface area contributed by atoms with Crippen molar-refractivity contribution in [2.75, 3.05) is 0 Å². The molecule has 0 saturated carbocycles. The molecule has 2 N–H and O–H groups in total. The lowest BCUT2D eigenvalue weighted by molar-refractivity contribution is 0.463. The lowest BCUT2D eigenvalue weighted by atomic mass is 9.82. The number of ether oxygens (including phenoxy) is 1. The van der Waals surface area contributed by atoms with E-state index in [1.165, 1.54) is 42.5 Å². The molecule has 0 aliphatic rings. The standard InChI is InChI=1S/C33H36O13S5/c1-7-33(5,6)28-18-16-26(20-30(28)50(40,41)42)47(34,35)27-17-19-29(31(21-27)51(43,44)45)48(36,37)24-12-8-22(9-13-24)46-23-10-14-25(15-11-23)49(38,39)32(2,3)4/h8-21H,7H2,1-6H3,(H,40,41,42)(H,43,44,45). The Hall–Kier alpha value is -3.65. The molecule has 0 amide bonds. The molecule has 0 fully saturated rings. The Labute approximate surface area is 298 Å². The summed E-state index contributed by atoms with van der Waals surface area (Å²) in [4.78, 5) is -4.70. The molecule has 0 atom stereocenters. The van der Waals surface area contributed by atoms with Gasteiger partial charge in [0, 0.05) is 0 Å². The molecule has 0 spiro atoms. The van der Waals surface area contributed by atoms with Gasteiger partial charge in [0.1, 0.15) is 16.4 Å². The van der Waals surface area contributed by atoms with Crippen LogP contribution in [0.5, 0.6) is 11.5 Å². The number of benzene rings is 4. The molecule has 4 rings (SSSR count). The van der Waals surface area contributed by atoms with Crippen molar-refractivity contribution in [1.29, 1.82) is 0 Å². The van der Waals surface area contributed by atoms with Crippen LogP contribution in [0.2, 0.25) is 0 Å². The Bertz CT molecular complexity index is 2550. The number of sulfone groups is 3. The van der Waals surface area contributed by atoms with Crippen LogP contribution in [-0.2, 0) is 55.2 Å². The van der Waals surface area contributed by atoms with Crippen LogP contribution in [0.25, 0.3) is 0 Å². The van der Waals surface area contributed by atoms with E-state index >= 15 is 0 Å². The van der Waals surface area contributed by atoms with Crippen LogP contribution in [0.15, 0.2) is 119 Å². The van der Waals surface area contributed by atoms with Gasteiger partial charge in [0.05, 0.1) is 34.1 Å². The second-order valence-corrected chi connectivity index (χ2v) is 22.5. The van der Waals surface area contributed by atoms with Crippen LogP contribution in [0.1, 0.15) is 53.5 Å². The average Bonchev–Trinajstić information content (AvgIpc) is 3.03. The van der Waals surface area contributed by atoms with Crippen molar-refractivity contribution < 1.29 is 55.9 Å². The van der Waals surface area contributed by atoms with Crippen LogP contribution in [-0.4, -0.2) is 55.9 Å². The van der Waals surface area contributed by atoms with Gasteiger partial charge in [-0.15, -0.1) is 0 Å². The molecule has 0 radical (unpaired) electrons. The highest BCUT2D eigenvalue weighted by Crippen LogP contribution is 2.37. The second-order valence-electron chi connectivity index (χ2n) is 13.1. The highest BCUT2D eigenvalue weighted by atomic mass is 32.2. The van der Waals surface area contributed by atoms with Gasteiger partial charge in [-0.3, -0.25) is 9.11 Å². The summed E-state index contributed by atoms with van der Waals surface area (Å²) in [5.74, 6) is 0.366. The first-order chi connectivity index (χ1) is 23.1. The molecule has 0 aliphatic heterocycles. The molecule has 18 heteroatoms. The van der Waals surface area contributed by atoms with Crippen LogP contribution in [0, 0.1) is 0 Å². The molecule has 276 valence electrons. The smallest absolute Gasteiger partial charge is 0.295 e. The van der Waals surface area contributed by atoms with Gasteiger partial charge >= 0.3 is 0 Å². The Morgan fingerprint density at radius 3 is 1.35 bits per heavy atom. The molecule has 4 aromatic rings. The summed E-state index contributed by atoms with van der Waals surface area (Å²) in [6.07, 6.45) is 0.422. The fourth-order valence-corrected chi connectivity index (χ4v) is 11.0. The number of rotatable bonds is 11. The molecule has 0 heterocycles. The largest absolute Gasteiger partial charge is 0.457 e. The Balaban J connectivity index is 1.71. The van der Waals surface area contributed by atoms with Crippen molar-refractivity contribution in [2.45, 2.75) is 92.4 Å². The Kier molecular flexibility index (Phi) is 10.5. The molecule has 51 heavy (non-hydrogen) atoms. The van der Waals surface area contributed by atoms with E-state index in [9.17, 15) is 51.2 Å². The van der Waals surface area contributed by atoms with Crippen LogP contribution >= 0.6 is 0 Å². The van der Waals surface area contributed by atoms with Gasteiger partial charge in [0.2, 0.25) is 19.7 Å². The quantitative estimate of drug-likeness (QED) is 0.169. The van der Waals surface area contributed by atoms with Gasteiger partial charge in [-0.25, -0.2) is 25.3 Å². The second kappa shape index (κ2) is 13.4. The first-order valence-electron chi connectivity index (χ1n) is 15.0. The monoisotopic (exact) mass is 800 g/mol. The minimum absolute atomic E-state index is 0.0778. The molecule has 0 aliphatic carbocycles. The average molecular weight is 801 g/mol. The highest BCUT2D eigenvalue weighted by molar-refractivity contribution is 7.93. The SMILES string of the molecule is CCC(C)(C)c1ccc(S(=O)(=O)c2ccc(S(=O)(=O)c3ccc(Oc4ccc(S(=O)(=O)C(C)(C)C)cc4)cc3)c(S(=O)(=O)O)c2)cc1S(=O)(=O)O. The summed E-state index contributed by atoms with van der Waals surface area (Å²) >= 11 is 0. The molecule has 0 saturated heterocycles. The van der Waals surface area contributed by atoms with E-state index in [-0.39, 0.29) is 22.0 Å². The fraction of sp³-hybridized carbons (Fsp3) is 0.273. The highest BCUT2D eigenvalue weighted by Gasteiger charge is 2.33. The van der Waals surface area contributed by atoms with E-state index in [0.29, 0.717) is 18.6 Å². The maximum absolute atomic E-state index is 13.6. The molecule has 0 aromatic heterocycles. The summed E-state index contributed by atoms with van der Waals surface area (Å²) in [5.41, 5.74) is -0.665. The van der Waals surface area contributed by atoms with Crippen LogP contribution < -0.4 is 4.74 Å². The van der Waals surface area contributed by atoms with Crippen LogP contribution in [0.4, 0.5) is 0 Å². The molecular formula is C33H36O13S5. The zero-order valence-corrected chi connectivity index (χ0v) is 32.3. The third-order valence-corrected chi connectivity index (χ3v) is 16.3. The van der Waals surface area contributed by atoms with Crippen molar-refractivity contribution in [3.8, 4) is 11.5 Å². The lowest BCUT2D eigenvalue weighted by Crippen LogP contribution is -2.27. The van der Waals surface area contributed by atoms with Gasteiger partial charge < -0.3 is 4.74 Å². The third-order valence-electron chi connectivity index (χ3n) is 8.26. The Morgan fingerprint density at radius 2 is 0.922 bits per heavy atom. The lowest BCUT2D eigenvalue weighted by Gasteiger charge is -2.25. The number of hydrogen-bond acceptors (Lipinski definition) is 11. The maximum atomic E-state index is 13.6. The summed E-state index contributed by atoms with van der Waals surface area (Å²) in [6.45, 7) is 9.83. The predicted octanol–water partition coefficient (Wildman–Crippen LogP) is 5.90. The van der Waals surface area contributed by atoms with Crippen molar-refractivity contribution in [3.05, 3.63) is 90.5 Å². The fourth-order valence-electron chi connectivity index (χ4n) is 4.84. The van der Waals surface area contributed by atoms with Gasteiger partial charge in [0.25, 0.3) is 20.2 Å². The van der Waals surface area contributed by atoms with Crippen LogP contribution in [0.3, 0.4) is 0 Å². The van der Waals surface area contributed by atoms with E-state index < -0.39 is 89.3 Å². The number of hydrogen-bond donors (Lipinski definition) is 2. The molecule has 4 aromatic carbocycles. The first-order valence-corrected chi connectivity index (χ1v) is 22.3. The Morgan fingerprint density at radius 1 is 0.510 bits per heavy atom. The van der Waals surface area contributed by atoms with Crippen molar-refractivity contribution in [3.63, 3.8) is 0 Å². The molecular weight excluding hydrogens is 765 g/mol. The molecule has 0 bridgehead atoms. The summed E-state index contributed by atoms with van der Waals surface area (Å²) in [7, 11) is -23.4. The summed E-state index contributed by atoms with van der Waals surface area (Å²) in [5, 5.41) is 0. The molecule has 0 unspecified atom stereocenters. The normalized spacial score (nSPS) is 13.6. The first kappa shape index (κ1) is 40.1. The van der Waals surface area contributed by atoms with Crippen molar-refractivity contribution >= 4 is 49.7 Å². The van der Waals surface area contributed by atoms with E-state index in [1.54, 1.807) is 41.5 Å². The van der Waals surface area contributed by atoms with Gasteiger partial charge in [-0.2, -0.15) is 16.8 Å². The third kappa shape index (κ3) is 8.06. The van der Waals surface area contributed by atoms with Crippen molar-refractivity contribution in [1.82, 2.24) is 0 Å². The maximum Gasteiger partial charge on any atom is 0.295 e.